The van der Waals surface area contributed by atoms with Gasteiger partial charge in [-0.05, 0) is 37.4 Å². The molecule has 20 heavy (non-hydrogen) atoms. The first-order chi connectivity index (χ1) is 9.66. The van der Waals surface area contributed by atoms with Crippen LogP contribution < -0.4 is 0 Å². The zero-order valence-corrected chi connectivity index (χ0v) is 13.5. The predicted molar refractivity (Wildman–Crippen MR) is 90.7 cm³/mol. The predicted octanol–water partition coefficient (Wildman–Crippen LogP) is 4.72. The molecule has 0 aliphatic carbocycles. The van der Waals surface area contributed by atoms with E-state index in [9.17, 15) is 0 Å². The van der Waals surface area contributed by atoms with E-state index in [0.29, 0.717) is 5.25 Å². The number of thioether (sulfide) groups is 1. The van der Waals surface area contributed by atoms with Gasteiger partial charge in [-0.2, -0.15) is 0 Å². The van der Waals surface area contributed by atoms with Crippen molar-refractivity contribution in [3.63, 3.8) is 0 Å². The van der Waals surface area contributed by atoms with E-state index < -0.39 is 0 Å². The van der Waals surface area contributed by atoms with Crippen LogP contribution in [0.3, 0.4) is 0 Å². The Hall–Kier alpha value is -0.960. The maximum Gasteiger partial charge on any atom is 0.0547 e. The second-order valence-corrected chi connectivity index (χ2v) is 6.67. The quantitative estimate of drug-likeness (QED) is 0.759. The summed E-state index contributed by atoms with van der Waals surface area (Å²) >= 11 is 8.11. The van der Waals surface area contributed by atoms with Gasteiger partial charge in [-0.3, -0.25) is 0 Å². The van der Waals surface area contributed by atoms with Crippen molar-refractivity contribution in [3.05, 3.63) is 70.7 Å². The Bertz CT molecular complexity index is 528. The summed E-state index contributed by atoms with van der Waals surface area (Å²) in [6.45, 7) is 1.08. The summed E-state index contributed by atoms with van der Waals surface area (Å²) in [7, 11) is 4.22. The van der Waals surface area contributed by atoms with Crippen LogP contribution in [0, 0.1) is 0 Å². The summed E-state index contributed by atoms with van der Waals surface area (Å²) in [5, 5.41) is 1.14. The molecule has 2 aromatic carbocycles. The van der Waals surface area contributed by atoms with Crippen LogP contribution in [0.1, 0.15) is 16.4 Å². The maximum atomic E-state index is 6.14. The molecule has 0 saturated carbocycles. The van der Waals surface area contributed by atoms with Crippen molar-refractivity contribution in [2.24, 2.45) is 0 Å². The van der Waals surface area contributed by atoms with Crippen molar-refractivity contribution in [1.29, 1.82) is 0 Å². The van der Waals surface area contributed by atoms with Gasteiger partial charge in [0.05, 0.1) is 5.25 Å². The topological polar surface area (TPSA) is 3.24 Å². The highest BCUT2D eigenvalue weighted by molar-refractivity contribution is 7.99. The molecule has 0 heterocycles. The Morgan fingerprint density at radius 3 is 2.35 bits per heavy atom. The van der Waals surface area contributed by atoms with Crippen molar-refractivity contribution in [2.45, 2.75) is 5.25 Å². The average Bonchev–Trinajstić information content (AvgIpc) is 2.44. The molecule has 3 heteroatoms. The zero-order valence-electron chi connectivity index (χ0n) is 11.9. The van der Waals surface area contributed by atoms with Crippen molar-refractivity contribution < 1.29 is 0 Å². The van der Waals surface area contributed by atoms with Gasteiger partial charge in [0.2, 0.25) is 0 Å². The average molecular weight is 306 g/mol. The normalized spacial score (nSPS) is 12.6. The summed E-state index contributed by atoms with van der Waals surface area (Å²) in [5.41, 5.74) is 2.60. The van der Waals surface area contributed by atoms with E-state index in [4.69, 9.17) is 11.6 Å². The van der Waals surface area contributed by atoms with Gasteiger partial charge in [0, 0.05) is 17.3 Å². The summed E-state index contributed by atoms with van der Waals surface area (Å²) in [4.78, 5) is 2.22. The smallest absolute Gasteiger partial charge is 0.0547 e. The fourth-order valence-electron chi connectivity index (χ4n) is 2.04. The molecule has 0 bridgehead atoms. The molecular formula is C17H20ClNS. The van der Waals surface area contributed by atoms with Crippen LogP contribution in [0.4, 0.5) is 0 Å². The third kappa shape index (κ3) is 4.55. The third-order valence-electron chi connectivity index (χ3n) is 3.08. The molecule has 1 unspecified atom stereocenters. The second-order valence-electron chi connectivity index (χ2n) is 5.02. The molecule has 0 N–H and O–H groups in total. The molecule has 0 radical (unpaired) electrons. The van der Waals surface area contributed by atoms with Gasteiger partial charge in [-0.25, -0.2) is 0 Å². The molecule has 0 aliphatic rings. The number of hydrogen-bond acceptors (Lipinski definition) is 2. The van der Waals surface area contributed by atoms with Gasteiger partial charge in [0.1, 0.15) is 0 Å². The molecule has 0 aliphatic heterocycles. The third-order valence-corrected chi connectivity index (χ3v) is 4.61. The van der Waals surface area contributed by atoms with E-state index >= 15 is 0 Å². The fraction of sp³-hybridized carbons (Fsp3) is 0.294. The Labute approximate surface area is 130 Å². The summed E-state index contributed by atoms with van der Waals surface area (Å²) in [6, 6.07) is 18.8. The Morgan fingerprint density at radius 1 is 1.00 bits per heavy atom. The van der Waals surface area contributed by atoms with Crippen LogP contribution in [0.15, 0.2) is 54.6 Å². The van der Waals surface area contributed by atoms with E-state index in [1.807, 2.05) is 23.9 Å². The van der Waals surface area contributed by atoms with Crippen LogP contribution in [-0.4, -0.2) is 31.3 Å². The SMILES string of the molecule is CN(C)CCSC(c1ccccc1)c1cccc(Cl)c1. The number of benzene rings is 2. The zero-order chi connectivity index (χ0) is 14.4. The summed E-state index contributed by atoms with van der Waals surface area (Å²) in [6.07, 6.45) is 0. The van der Waals surface area contributed by atoms with Gasteiger partial charge in [-0.15, -0.1) is 11.8 Å². The van der Waals surface area contributed by atoms with Crippen molar-refractivity contribution in [2.75, 3.05) is 26.4 Å². The van der Waals surface area contributed by atoms with Crippen molar-refractivity contribution in [3.8, 4) is 0 Å². The highest BCUT2D eigenvalue weighted by Crippen LogP contribution is 2.36. The molecule has 1 atom stereocenters. The first-order valence-corrected chi connectivity index (χ1v) is 8.16. The van der Waals surface area contributed by atoms with Crippen molar-refractivity contribution >= 4 is 23.4 Å². The largest absolute Gasteiger partial charge is 0.309 e. The van der Waals surface area contributed by atoms with Crippen LogP contribution in [0.2, 0.25) is 5.02 Å². The summed E-state index contributed by atoms with van der Waals surface area (Å²) in [5.74, 6) is 1.10. The minimum absolute atomic E-state index is 0.342. The lowest BCUT2D eigenvalue weighted by atomic mass is 10.0. The molecular weight excluding hydrogens is 286 g/mol. The number of rotatable bonds is 6. The van der Waals surface area contributed by atoms with Gasteiger partial charge in [-0.1, -0.05) is 54.1 Å². The Kier molecular flexibility index (Phi) is 5.96. The Morgan fingerprint density at radius 2 is 1.70 bits per heavy atom. The second kappa shape index (κ2) is 7.72. The van der Waals surface area contributed by atoms with Gasteiger partial charge < -0.3 is 4.90 Å². The van der Waals surface area contributed by atoms with Gasteiger partial charge in [0.15, 0.2) is 0 Å². The van der Waals surface area contributed by atoms with Gasteiger partial charge in [0.25, 0.3) is 0 Å². The lowest BCUT2D eigenvalue weighted by molar-refractivity contribution is 0.437. The first-order valence-electron chi connectivity index (χ1n) is 6.73. The monoisotopic (exact) mass is 305 g/mol. The van der Waals surface area contributed by atoms with E-state index in [0.717, 1.165) is 17.3 Å². The first kappa shape index (κ1) is 15.4. The molecule has 0 fully saturated rings. The highest BCUT2D eigenvalue weighted by atomic mass is 35.5. The molecule has 0 saturated heterocycles. The molecule has 0 amide bonds. The summed E-state index contributed by atoms with van der Waals surface area (Å²) < 4.78 is 0. The van der Waals surface area contributed by atoms with Crippen LogP contribution >= 0.6 is 23.4 Å². The van der Waals surface area contributed by atoms with Gasteiger partial charge >= 0.3 is 0 Å². The van der Waals surface area contributed by atoms with E-state index in [-0.39, 0.29) is 0 Å². The molecule has 2 rings (SSSR count). The van der Waals surface area contributed by atoms with E-state index in [1.165, 1.54) is 11.1 Å². The van der Waals surface area contributed by atoms with Crippen molar-refractivity contribution in [1.82, 2.24) is 4.90 Å². The van der Waals surface area contributed by atoms with E-state index in [2.05, 4.69) is 61.5 Å². The number of nitrogens with zero attached hydrogens (tertiary/aromatic N) is 1. The number of hydrogen-bond donors (Lipinski definition) is 0. The van der Waals surface area contributed by atoms with Crippen LogP contribution in [0.25, 0.3) is 0 Å². The lowest BCUT2D eigenvalue weighted by Gasteiger charge is -2.19. The molecule has 1 nitrogen and oxygen atoms in total. The van der Waals surface area contributed by atoms with E-state index in [1.54, 1.807) is 0 Å². The van der Waals surface area contributed by atoms with Crippen LogP contribution in [0.5, 0.6) is 0 Å². The van der Waals surface area contributed by atoms with Crippen LogP contribution in [-0.2, 0) is 0 Å². The Balaban J connectivity index is 2.20. The fourth-order valence-corrected chi connectivity index (χ4v) is 3.63. The standard InChI is InChI=1S/C17H20ClNS/c1-19(2)11-12-20-17(14-7-4-3-5-8-14)15-9-6-10-16(18)13-15/h3-10,13,17H,11-12H2,1-2H3. The molecule has 106 valence electrons. The molecule has 0 aromatic heterocycles. The lowest BCUT2D eigenvalue weighted by Crippen LogP contribution is -2.15. The highest BCUT2D eigenvalue weighted by Gasteiger charge is 2.14. The molecule has 2 aromatic rings. The molecule has 0 spiro atoms. The minimum atomic E-state index is 0.342. The number of halogens is 1. The minimum Gasteiger partial charge on any atom is -0.309 e. The maximum absolute atomic E-state index is 6.14.